The lowest BCUT2D eigenvalue weighted by Crippen LogP contribution is -2.48. The van der Waals surface area contributed by atoms with Crippen LogP contribution in [0.25, 0.3) is 0 Å². The molecule has 0 radical (unpaired) electrons. The topological polar surface area (TPSA) is 49.3 Å². The van der Waals surface area contributed by atoms with Crippen molar-refractivity contribution in [2.24, 2.45) is 5.92 Å². The summed E-state index contributed by atoms with van der Waals surface area (Å²) < 4.78 is 0. The average Bonchev–Trinajstić information content (AvgIpc) is 2.25. The number of carbonyl (C=O) groups is 1. The molecule has 0 spiro atoms. The van der Waals surface area contributed by atoms with Crippen molar-refractivity contribution < 1.29 is 9.90 Å². The molecule has 3 heteroatoms. The van der Waals surface area contributed by atoms with Gasteiger partial charge < -0.3 is 5.11 Å². The molecule has 0 saturated carbocycles. The van der Waals surface area contributed by atoms with Crippen molar-refractivity contribution in [1.82, 2.24) is 5.32 Å². The van der Waals surface area contributed by atoms with E-state index < -0.39 is 11.5 Å². The van der Waals surface area contributed by atoms with Gasteiger partial charge in [0, 0.05) is 0 Å². The van der Waals surface area contributed by atoms with Crippen molar-refractivity contribution in [2.75, 3.05) is 6.54 Å². The van der Waals surface area contributed by atoms with Crippen molar-refractivity contribution >= 4 is 5.97 Å². The minimum Gasteiger partial charge on any atom is -0.480 e. The van der Waals surface area contributed by atoms with E-state index in [4.69, 9.17) is 0 Å². The predicted molar refractivity (Wildman–Crippen MR) is 69.0 cm³/mol. The first-order valence-electron chi connectivity index (χ1n) is 5.92. The molecular weight excluding hydrogens is 214 g/mol. The minimum atomic E-state index is -1.02. The summed E-state index contributed by atoms with van der Waals surface area (Å²) in [7, 11) is 0. The number of hydrogen-bond acceptors (Lipinski definition) is 2. The van der Waals surface area contributed by atoms with Gasteiger partial charge in [0.15, 0.2) is 0 Å². The van der Waals surface area contributed by atoms with E-state index in [0.29, 0.717) is 12.5 Å². The van der Waals surface area contributed by atoms with Crippen LogP contribution >= 0.6 is 0 Å². The molecule has 0 bridgehead atoms. The number of carboxylic acid groups (broad SMARTS) is 1. The van der Waals surface area contributed by atoms with Crippen LogP contribution in [0.1, 0.15) is 31.9 Å². The number of nitrogens with one attached hydrogen (secondary N) is 1. The molecule has 0 fully saturated rings. The Morgan fingerprint density at radius 3 is 2.59 bits per heavy atom. The number of rotatable bonds is 5. The van der Waals surface area contributed by atoms with Gasteiger partial charge in [-0.3, -0.25) is 5.32 Å². The summed E-state index contributed by atoms with van der Waals surface area (Å²) in [4.78, 5) is 11.5. The summed E-state index contributed by atoms with van der Waals surface area (Å²) in [6.07, 6.45) is 0. The van der Waals surface area contributed by atoms with Crippen LogP contribution in [-0.2, 0) is 10.3 Å². The summed E-state index contributed by atoms with van der Waals surface area (Å²) in [6.45, 7) is 8.48. The molecule has 0 aliphatic carbocycles. The van der Waals surface area contributed by atoms with Gasteiger partial charge in [-0.2, -0.15) is 0 Å². The Balaban J connectivity index is 3.03. The number of aliphatic carboxylic acids is 1. The third-order valence-electron chi connectivity index (χ3n) is 2.89. The van der Waals surface area contributed by atoms with Crippen LogP contribution in [0.3, 0.4) is 0 Å². The third kappa shape index (κ3) is 3.30. The molecule has 2 N–H and O–H groups in total. The second-order valence-electron chi connectivity index (χ2n) is 5.07. The Labute approximate surface area is 103 Å². The highest BCUT2D eigenvalue weighted by molar-refractivity contribution is 5.80. The van der Waals surface area contributed by atoms with Crippen LogP contribution in [0.4, 0.5) is 0 Å². The van der Waals surface area contributed by atoms with Crippen molar-refractivity contribution in [1.29, 1.82) is 0 Å². The minimum absolute atomic E-state index is 0.415. The summed E-state index contributed by atoms with van der Waals surface area (Å²) in [5.74, 6) is -0.428. The molecule has 94 valence electrons. The number of hydrogen-bond donors (Lipinski definition) is 2. The van der Waals surface area contributed by atoms with Gasteiger partial charge in [0.05, 0.1) is 0 Å². The maximum absolute atomic E-state index is 11.5. The van der Waals surface area contributed by atoms with Crippen LogP contribution in [0, 0.1) is 12.8 Å². The summed E-state index contributed by atoms with van der Waals surface area (Å²) in [5, 5.41) is 12.6. The van der Waals surface area contributed by atoms with E-state index >= 15 is 0 Å². The van der Waals surface area contributed by atoms with Gasteiger partial charge >= 0.3 is 5.97 Å². The van der Waals surface area contributed by atoms with E-state index in [-0.39, 0.29) is 0 Å². The molecule has 0 aliphatic heterocycles. The molecule has 1 atom stereocenters. The summed E-state index contributed by atoms with van der Waals surface area (Å²) in [6, 6.07) is 7.63. The highest BCUT2D eigenvalue weighted by atomic mass is 16.4. The van der Waals surface area contributed by atoms with Crippen molar-refractivity contribution in [3.63, 3.8) is 0 Å². The second kappa shape index (κ2) is 5.32. The zero-order valence-electron chi connectivity index (χ0n) is 10.9. The van der Waals surface area contributed by atoms with Crippen LogP contribution < -0.4 is 5.32 Å². The first-order valence-corrected chi connectivity index (χ1v) is 5.92. The Morgan fingerprint density at radius 2 is 2.12 bits per heavy atom. The quantitative estimate of drug-likeness (QED) is 0.824. The van der Waals surface area contributed by atoms with Crippen molar-refractivity contribution in [3.8, 4) is 0 Å². The average molecular weight is 235 g/mol. The van der Waals surface area contributed by atoms with Crippen LogP contribution in [0.2, 0.25) is 0 Å². The maximum atomic E-state index is 11.5. The van der Waals surface area contributed by atoms with E-state index in [1.54, 1.807) is 6.92 Å². The van der Waals surface area contributed by atoms with Gasteiger partial charge in [-0.15, -0.1) is 0 Å². The van der Waals surface area contributed by atoms with E-state index in [0.717, 1.165) is 11.1 Å². The molecule has 1 aromatic carbocycles. The largest absolute Gasteiger partial charge is 0.480 e. The van der Waals surface area contributed by atoms with Gasteiger partial charge in [-0.05, 0) is 31.9 Å². The number of aryl methyl sites for hydroxylation is 1. The Kier molecular flexibility index (Phi) is 4.29. The smallest absolute Gasteiger partial charge is 0.328 e. The maximum Gasteiger partial charge on any atom is 0.328 e. The van der Waals surface area contributed by atoms with Crippen molar-refractivity contribution in [2.45, 2.75) is 33.2 Å². The van der Waals surface area contributed by atoms with Gasteiger partial charge in [0.1, 0.15) is 5.54 Å². The SMILES string of the molecule is Cc1cccc(C(C)(NCC(C)C)C(=O)O)c1. The molecule has 0 aromatic heterocycles. The lowest BCUT2D eigenvalue weighted by atomic mass is 9.90. The first-order chi connectivity index (χ1) is 7.86. The van der Waals surface area contributed by atoms with Gasteiger partial charge in [0.2, 0.25) is 0 Å². The van der Waals surface area contributed by atoms with Gasteiger partial charge in [-0.25, -0.2) is 4.79 Å². The molecule has 0 amide bonds. The van der Waals surface area contributed by atoms with E-state index in [2.05, 4.69) is 19.2 Å². The monoisotopic (exact) mass is 235 g/mol. The van der Waals surface area contributed by atoms with Crippen molar-refractivity contribution in [3.05, 3.63) is 35.4 Å². The van der Waals surface area contributed by atoms with E-state index in [9.17, 15) is 9.90 Å². The predicted octanol–water partition coefficient (Wildman–Crippen LogP) is 2.54. The first kappa shape index (κ1) is 13.7. The standard InChI is InChI=1S/C14H21NO2/c1-10(2)9-15-14(4,13(16)17)12-7-5-6-11(3)8-12/h5-8,10,15H,9H2,1-4H3,(H,16,17). The van der Waals surface area contributed by atoms with E-state index in [1.165, 1.54) is 0 Å². The zero-order chi connectivity index (χ0) is 13.1. The Hall–Kier alpha value is -1.35. The fourth-order valence-corrected chi connectivity index (χ4v) is 1.67. The molecule has 0 saturated heterocycles. The molecule has 17 heavy (non-hydrogen) atoms. The molecule has 1 unspecified atom stereocenters. The van der Waals surface area contributed by atoms with Crippen LogP contribution in [0.5, 0.6) is 0 Å². The van der Waals surface area contributed by atoms with Gasteiger partial charge in [0.25, 0.3) is 0 Å². The number of benzene rings is 1. The van der Waals surface area contributed by atoms with Crippen LogP contribution in [-0.4, -0.2) is 17.6 Å². The molecule has 3 nitrogen and oxygen atoms in total. The zero-order valence-corrected chi connectivity index (χ0v) is 10.9. The second-order valence-corrected chi connectivity index (χ2v) is 5.07. The summed E-state index contributed by atoms with van der Waals surface area (Å²) >= 11 is 0. The Morgan fingerprint density at radius 1 is 1.47 bits per heavy atom. The third-order valence-corrected chi connectivity index (χ3v) is 2.89. The molecule has 1 rings (SSSR count). The number of carboxylic acids is 1. The fourth-order valence-electron chi connectivity index (χ4n) is 1.67. The lowest BCUT2D eigenvalue weighted by Gasteiger charge is -2.28. The summed E-state index contributed by atoms with van der Waals surface area (Å²) in [5.41, 5.74) is 0.850. The highest BCUT2D eigenvalue weighted by Crippen LogP contribution is 2.22. The van der Waals surface area contributed by atoms with E-state index in [1.807, 2.05) is 31.2 Å². The molecular formula is C14H21NO2. The molecule has 0 aliphatic rings. The highest BCUT2D eigenvalue weighted by Gasteiger charge is 2.34. The fraction of sp³-hybridized carbons (Fsp3) is 0.500. The van der Waals surface area contributed by atoms with Gasteiger partial charge in [-0.1, -0.05) is 43.7 Å². The Bertz CT molecular complexity index is 401. The molecule has 0 heterocycles. The lowest BCUT2D eigenvalue weighted by molar-refractivity contribution is -0.144. The van der Waals surface area contributed by atoms with Crippen LogP contribution in [0.15, 0.2) is 24.3 Å². The normalized spacial score (nSPS) is 14.6. The molecule has 1 aromatic rings.